The SMILES string of the molecule is CCOC(=O)CSc1nc2c(sc3ccccc32)c(=O)n1CCc1c[nH]c2ccccc12. The van der Waals surface area contributed by atoms with Crippen LogP contribution in [0.2, 0.25) is 0 Å². The number of aryl methyl sites for hydroxylation is 1. The molecule has 0 unspecified atom stereocenters. The Morgan fingerprint density at radius 2 is 1.94 bits per heavy atom. The van der Waals surface area contributed by atoms with Crippen LogP contribution < -0.4 is 5.56 Å². The molecule has 0 saturated carbocycles. The first-order chi connectivity index (χ1) is 15.7. The highest BCUT2D eigenvalue weighted by molar-refractivity contribution is 7.99. The second-order valence-electron chi connectivity index (χ2n) is 7.33. The van der Waals surface area contributed by atoms with Gasteiger partial charge in [0.15, 0.2) is 5.16 Å². The summed E-state index contributed by atoms with van der Waals surface area (Å²) < 4.78 is 8.44. The van der Waals surface area contributed by atoms with Gasteiger partial charge in [-0.05, 0) is 31.0 Å². The predicted octanol–water partition coefficient (Wildman–Crippen LogP) is 4.99. The smallest absolute Gasteiger partial charge is 0.316 e. The second kappa shape index (κ2) is 8.80. The van der Waals surface area contributed by atoms with E-state index in [1.807, 2.05) is 48.7 Å². The number of esters is 1. The van der Waals surface area contributed by atoms with Crippen LogP contribution in [0.25, 0.3) is 31.2 Å². The van der Waals surface area contributed by atoms with Crippen LogP contribution in [-0.4, -0.2) is 32.9 Å². The quantitative estimate of drug-likeness (QED) is 0.209. The molecule has 0 aliphatic rings. The zero-order valence-electron chi connectivity index (χ0n) is 17.5. The molecule has 0 aliphatic carbocycles. The lowest BCUT2D eigenvalue weighted by atomic mass is 10.1. The number of ether oxygens (including phenoxy) is 1. The van der Waals surface area contributed by atoms with Gasteiger partial charge in [0, 0.05) is 33.7 Å². The average Bonchev–Trinajstić information content (AvgIpc) is 3.39. The normalized spacial score (nSPS) is 11.5. The van der Waals surface area contributed by atoms with Gasteiger partial charge < -0.3 is 9.72 Å². The van der Waals surface area contributed by atoms with Crippen molar-refractivity contribution in [2.24, 2.45) is 0 Å². The molecule has 0 atom stereocenters. The van der Waals surface area contributed by atoms with Crippen LogP contribution in [0.5, 0.6) is 0 Å². The Kier molecular flexibility index (Phi) is 5.71. The minimum atomic E-state index is -0.315. The van der Waals surface area contributed by atoms with E-state index >= 15 is 0 Å². The number of thiophene rings is 1. The van der Waals surface area contributed by atoms with Crippen molar-refractivity contribution in [3.05, 3.63) is 70.6 Å². The van der Waals surface area contributed by atoms with Crippen molar-refractivity contribution in [1.29, 1.82) is 0 Å². The van der Waals surface area contributed by atoms with Crippen LogP contribution in [0.4, 0.5) is 0 Å². The Morgan fingerprint density at radius 3 is 2.78 bits per heavy atom. The molecule has 0 amide bonds. The van der Waals surface area contributed by atoms with Gasteiger partial charge in [0.05, 0.1) is 17.9 Å². The summed E-state index contributed by atoms with van der Waals surface area (Å²) in [6.45, 7) is 2.58. The monoisotopic (exact) mass is 463 g/mol. The molecule has 32 heavy (non-hydrogen) atoms. The first kappa shape index (κ1) is 20.8. The molecule has 8 heteroatoms. The van der Waals surface area contributed by atoms with E-state index in [1.54, 1.807) is 11.5 Å². The van der Waals surface area contributed by atoms with E-state index in [9.17, 15) is 9.59 Å². The molecule has 0 bridgehead atoms. The molecule has 2 aromatic carbocycles. The van der Waals surface area contributed by atoms with Gasteiger partial charge in [0.1, 0.15) is 4.70 Å². The molecule has 5 rings (SSSR count). The summed E-state index contributed by atoms with van der Waals surface area (Å²) in [7, 11) is 0. The number of hydrogen-bond acceptors (Lipinski definition) is 6. The number of fused-ring (bicyclic) bond motifs is 4. The van der Waals surface area contributed by atoms with Crippen LogP contribution in [0.3, 0.4) is 0 Å². The summed E-state index contributed by atoms with van der Waals surface area (Å²) in [6.07, 6.45) is 2.67. The number of nitrogens with one attached hydrogen (secondary N) is 1. The zero-order valence-corrected chi connectivity index (χ0v) is 19.1. The molecule has 0 saturated heterocycles. The van der Waals surface area contributed by atoms with Crippen molar-refractivity contribution in [3.8, 4) is 0 Å². The fourth-order valence-electron chi connectivity index (χ4n) is 3.86. The minimum absolute atomic E-state index is 0.0672. The molecule has 3 aromatic heterocycles. The van der Waals surface area contributed by atoms with Crippen molar-refractivity contribution < 1.29 is 9.53 Å². The van der Waals surface area contributed by atoms with Crippen LogP contribution in [0.15, 0.2) is 64.7 Å². The molecule has 6 nitrogen and oxygen atoms in total. The fraction of sp³-hybridized carbons (Fsp3) is 0.208. The number of H-pyrrole nitrogens is 1. The number of nitrogens with zero attached hydrogens (tertiary/aromatic N) is 2. The Labute approximate surface area is 192 Å². The lowest BCUT2D eigenvalue weighted by molar-refractivity contribution is -0.139. The molecule has 0 spiro atoms. The van der Waals surface area contributed by atoms with E-state index in [0.29, 0.717) is 34.9 Å². The van der Waals surface area contributed by atoms with E-state index in [0.717, 1.165) is 26.6 Å². The summed E-state index contributed by atoms with van der Waals surface area (Å²) in [5.41, 5.74) is 2.85. The van der Waals surface area contributed by atoms with Crippen LogP contribution in [0, 0.1) is 0 Å². The number of carbonyl (C=O) groups excluding carboxylic acids is 1. The summed E-state index contributed by atoms with van der Waals surface area (Å²) in [5.74, 6) is -0.203. The molecule has 162 valence electrons. The van der Waals surface area contributed by atoms with Gasteiger partial charge in [0.2, 0.25) is 0 Å². The molecular weight excluding hydrogens is 442 g/mol. The minimum Gasteiger partial charge on any atom is -0.465 e. The summed E-state index contributed by atoms with van der Waals surface area (Å²) in [5, 5.41) is 2.66. The van der Waals surface area contributed by atoms with Gasteiger partial charge in [-0.15, -0.1) is 11.3 Å². The van der Waals surface area contributed by atoms with Crippen molar-refractivity contribution in [2.75, 3.05) is 12.4 Å². The van der Waals surface area contributed by atoms with Crippen LogP contribution >= 0.6 is 23.1 Å². The van der Waals surface area contributed by atoms with Crippen LogP contribution in [0.1, 0.15) is 12.5 Å². The standard InChI is InChI=1S/C24H21N3O3S2/c1-2-30-20(28)14-31-24-26-21-17-8-4-6-10-19(17)32-22(21)23(29)27(24)12-11-15-13-25-18-9-5-3-7-16(15)18/h3-10,13,25H,2,11-12,14H2,1H3. The average molecular weight is 464 g/mol. The number of carbonyl (C=O) groups is 1. The van der Waals surface area contributed by atoms with Crippen molar-refractivity contribution in [3.63, 3.8) is 0 Å². The molecule has 1 N–H and O–H groups in total. The third-order valence-electron chi connectivity index (χ3n) is 5.35. The number of aromatic amines is 1. The van der Waals surface area contributed by atoms with E-state index in [1.165, 1.54) is 23.1 Å². The maximum absolute atomic E-state index is 13.5. The maximum atomic E-state index is 13.5. The van der Waals surface area contributed by atoms with Gasteiger partial charge in [0.25, 0.3) is 5.56 Å². The first-order valence-corrected chi connectivity index (χ1v) is 12.2. The number of aromatic nitrogens is 3. The van der Waals surface area contributed by atoms with Gasteiger partial charge in [-0.1, -0.05) is 48.2 Å². The highest BCUT2D eigenvalue weighted by Crippen LogP contribution is 2.32. The summed E-state index contributed by atoms with van der Waals surface area (Å²) in [6, 6.07) is 16.0. The molecule has 0 radical (unpaired) electrons. The van der Waals surface area contributed by atoms with E-state index in [-0.39, 0.29) is 17.3 Å². The second-order valence-corrected chi connectivity index (χ2v) is 9.33. The van der Waals surface area contributed by atoms with Crippen LogP contribution in [-0.2, 0) is 22.5 Å². The Morgan fingerprint density at radius 1 is 1.16 bits per heavy atom. The number of hydrogen-bond donors (Lipinski definition) is 1. The van der Waals surface area contributed by atoms with Crippen molar-refractivity contribution in [1.82, 2.24) is 14.5 Å². The fourth-order valence-corrected chi connectivity index (χ4v) is 5.76. The third kappa shape index (κ3) is 3.80. The topological polar surface area (TPSA) is 77.0 Å². The van der Waals surface area contributed by atoms with Gasteiger partial charge in [-0.25, -0.2) is 4.98 Å². The Hall–Kier alpha value is -3.10. The lowest BCUT2D eigenvalue weighted by Crippen LogP contribution is -2.24. The van der Waals surface area contributed by atoms with Gasteiger partial charge in [-0.3, -0.25) is 14.2 Å². The Balaban J connectivity index is 1.56. The number of rotatable bonds is 7. The summed E-state index contributed by atoms with van der Waals surface area (Å²) in [4.78, 5) is 33.6. The lowest BCUT2D eigenvalue weighted by Gasteiger charge is -2.12. The first-order valence-electron chi connectivity index (χ1n) is 10.4. The maximum Gasteiger partial charge on any atom is 0.316 e. The highest BCUT2D eigenvalue weighted by Gasteiger charge is 2.18. The number of para-hydroxylation sites is 1. The van der Waals surface area contributed by atoms with Crippen molar-refractivity contribution >= 4 is 60.3 Å². The molecule has 0 aliphatic heterocycles. The van der Waals surface area contributed by atoms with E-state index < -0.39 is 0 Å². The van der Waals surface area contributed by atoms with Gasteiger partial charge >= 0.3 is 5.97 Å². The van der Waals surface area contributed by atoms with E-state index in [4.69, 9.17) is 9.72 Å². The summed E-state index contributed by atoms with van der Waals surface area (Å²) >= 11 is 2.72. The third-order valence-corrected chi connectivity index (χ3v) is 7.45. The van der Waals surface area contributed by atoms with E-state index in [2.05, 4.69) is 11.1 Å². The number of thioether (sulfide) groups is 1. The predicted molar refractivity (Wildman–Crippen MR) is 131 cm³/mol. The largest absolute Gasteiger partial charge is 0.465 e. The Bertz CT molecular complexity index is 1500. The molecule has 5 aromatic rings. The molecule has 0 fully saturated rings. The van der Waals surface area contributed by atoms with Gasteiger partial charge in [-0.2, -0.15) is 0 Å². The van der Waals surface area contributed by atoms with Crippen molar-refractivity contribution in [2.45, 2.75) is 25.0 Å². The zero-order chi connectivity index (χ0) is 22.1. The molecular formula is C24H21N3O3S2. The molecule has 3 heterocycles. The number of benzene rings is 2. The highest BCUT2D eigenvalue weighted by atomic mass is 32.2.